The Balaban J connectivity index is 2.00. The predicted octanol–water partition coefficient (Wildman–Crippen LogP) is 3.57. The molecule has 0 amide bonds. The number of hydrogen-bond donors (Lipinski definition) is 1. The summed E-state index contributed by atoms with van der Waals surface area (Å²) in [6.45, 7) is 4.47. The highest BCUT2D eigenvalue weighted by Gasteiger charge is 2.31. The molecule has 0 aromatic heterocycles. The second-order valence-corrected chi connectivity index (χ2v) is 5.82. The molecule has 114 valence electrons. The van der Waals surface area contributed by atoms with Gasteiger partial charge in [-0.1, -0.05) is 12.8 Å². The average molecular weight is 280 g/mol. The van der Waals surface area contributed by atoms with Crippen LogP contribution in [-0.4, -0.2) is 42.8 Å². The second-order valence-electron chi connectivity index (χ2n) is 5.82. The van der Waals surface area contributed by atoms with Crippen LogP contribution in [0.1, 0.15) is 52.4 Å². The Morgan fingerprint density at radius 1 is 1.11 bits per heavy atom. The van der Waals surface area contributed by atoms with E-state index in [0.717, 1.165) is 38.3 Å². The molecule has 0 saturated heterocycles. The molecule has 0 radical (unpaired) electrons. The van der Waals surface area contributed by atoms with Crippen LogP contribution in [0.2, 0.25) is 0 Å². The van der Waals surface area contributed by atoms with Gasteiger partial charge in [0.2, 0.25) is 0 Å². The molecule has 1 rings (SSSR count). The Bertz CT molecular complexity index is 237. The van der Waals surface area contributed by atoms with Crippen LogP contribution in [0, 0.1) is 0 Å². The van der Waals surface area contributed by atoms with Gasteiger partial charge in [0.05, 0.1) is 6.54 Å². The monoisotopic (exact) mass is 280 g/mol. The van der Waals surface area contributed by atoms with E-state index in [1.54, 1.807) is 0 Å². The summed E-state index contributed by atoms with van der Waals surface area (Å²) in [7, 11) is 0. The van der Waals surface area contributed by atoms with Gasteiger partial charge in [-0.25, -0.2) is 0 Å². The van der Waals surface area contributed by atoms with Crippen LogP contribution < -0.4 is 5.32 Å². The molecule has 5 heteroatoms. The Hall–Kier alpha value is -0.290. The Morgan fingerprint density at radius 2 is 1.74 bits per heavy atom. The maximum Gasteiger partial charge on any atom is 0.401 e. The number of rotatable bonds is 10. The van der Waals surface area contributed by atoms with Crippen molar-refractivity contribution in [2.75, 3.05) is 19.6 Å². The fourth-order valence-electron chi connectivity index (χ4n) is 2.14. The molecule has 0 aromatic rings. The van der Waals surface area contributed by atoms with Gasteiger partial charge in [-0.05, 0) is 52.6 Å². The lowest BCUT2D eigenvalue weighted by Crippen LogP contribution is -2.39. The molecule has 1 aliphatic rings. The average Bonchev–Trinajstić information content (AvgIpc) is 3.08. The first-order chi connectivity index (χ1) is 8.88. The molecule has 2 nitrogen and oxygen atoms in total. The van der Waals surface area contributed by atoms with E-state index in [0.29, 0.717) is 6.54 Å². The van der Waals surface area contributed by atoms with E-state index < -0.39 is 12.7 Å². The van der Waals surface area contributed by atoms with Gasteiger partial charge in [0.15, 0.2) is 0 Å². The largest absolute Gasteiger partial charge is 0.401 e. The van der Waals surface area contributed by atoms with Crippen molar-refractivity contribution in [2.24, 2.45) is 0 Å². The van der Waals surface area contributed by atoms with E-state index in [1.165, 1.54) is 17.7 Å². The van der Waals surface area contributed by atoms with E-state index >= 15 is 0 Å². The number of hydrogen-bond acceptors (Lipinski definition) is 2. The van der Waals surface area contributed by atoms with E-state index in [-0.39, 0.29) is 6.04 Å². The highest BCUT2D eigenvalue weighted by Crippen LogP contribution is 2.19. The molecule has 0 spiro atoms. The van der Waals surface area contributed by atoms with Crippen LogP contribution in [-0.2, 0) is 0 Å². The lowest BCUT2D eigenvalue weighted by molar-refractivity contribution is -0.149. The Kier molecular flexibility index (Phi) is 7.15. The highest BCUT2D eigenvalue weighted by molar-refractivity contribution is 4.80. The van der Waals surface area contributed by atoms with Gasteiger partial charge in [0.1, 0.15) is 0 Å². The minimum atomic E-state index is -4.08. The minimum Gasteiger partial charge on any atom is -0.314 e. The molecule has 0 aromatic carbocycles. The molecular weight excluding hydrogens is 253 g/mol. The first-order valence-corrected chi connectivity index (χ1v) is 7.42. The number of alkyl halides is 3. The normalized spacial score (nSPS) is 16.6. The molecule has 1 aliphatic carbocycles. The molecule has 0 bridgehead atoms. The topological polar surface area (TPSA) is 15.3 Å². The van der Waals surface area contributed by atoms with Crippen molar-refractivity contribution in [1.29, 1.82) is 0 Å². The SMILES string of the molecule is CC(C)N(CCCCCCNC1CC1)CC(F)(F)F. The van der Waals surface area contributed by atoms with Gasteiger partial charge in [0, 0.05) is 12.1 Å². The minimum absolute atomic E-state index is 0.0434. The zero-order valence-electron chi connectivity index (χ0n) is 12.1. The van der Waals surface area contributed by atoms with Crippen molar-refractivity contribution in [2.45, 2.75) is 70.6 Å². The summed E-state index contributed by atoms with van der Waals surface area (Å²) in [5.74, 6) is 0. The van der Waals surface area contributed by atoms with Gasteiger partial charge < -0.3 is 5.32 Å². The van der Waals surface area contributed by atoms with Crippen molar-refractivity contribution in [3.63, 3.8) is 0 Å². The van der Waals surface area contributed by atoms with Crippen LogP contribution in [0.4, 0.5) is 13.2 Å². The molecule has 1 saturated carbocycles. The maximum absolute atomic E-state index is 12.4. The van der Waals surface area contributed by atoms with Gasteiger partial charge >= 0.3 is 6.18 Å². The fraction of sp³-hybridized carbons (Fsp3) is 1.00. The molecule has 0 aliphatic heterocycles. The molecule has 0 heterocycles. The third-order valence-corrected chi connectivity index (χ3v) is 3.50. The van der Waals surface area contributed by atoms with Gasteiger partial charge in [-0.3, -0.25) is 4.90 Å². The van der Waals surface area contributed by atoms with Crippen LogP contribution in [0.25, 0.3) is 0 Å². The lowest BCUT2D eigenvalue weighted by atomic mass is 10.1. The number of halogens is 3. The number of unbranched alkanes of at least 4 members (excludes halogenated alkanes) is 3. The molecular formula is C14H27F3N2. The van der Waals surface area contributed by atoms with Gasteiger partial charge in [-0.2, -0.15) is 13.2 Å². The summed E-state index contributed by atoms with van der Waals surface area (Å²) >= 11 is 0. The van der Waals surface area contributed by atoms with E-state index in [2.05, 4.69) is 5.32 Å². The van der Waals surface area contributed by atoms with Crippen molar-refractivity contribution in [3.05, 3.63) is 0 Å². The lowest BCUT2D eigenvalue weighted by Gasteiger charge is -2.27. The third kappa shape index (κ3) is 9.27. The fourth-order valence-corrected chi connectivity index (χ4v) is 2.14. The number of nitrogens with zero attached hydrogens (tertiary/aromatic N) is 1. The highest BCUT2D eigenvalue weighted by atomic mass is 19.4. The van der Waals surface area contributed by atoms with E-state index in [4.69, 9.17) is 0 Å². The summed E-state index contributed by atoms with van der Waals surface area (Å²) < 4.78 is 37.1. The van der Waals surface area contributed by atoms with Crippen LogP contribution >= 0.6 is 0 Å². The standard InChI is InChI=1S/C14H27F3N2/c1-12(2)19(11-14(15,16)17)10-6-4-3-5-9-18-13-7-8-13/h12-13,18H,3-11H2,1-2H3. The van der Waals surface area contributed by atoms with Gasteiger partial charge in [0.25, 0.3) is 0 Å². The zero-order chi connectivity index (χ0) is 14.3. The molecule has 1 fully saturated rings. The maximum atomic E-state index is 12.4. The van der Waals surface area contributed by atoms with Crippen LogP contribution in [0.5, 0.6) is 0 Å². The molecule has 19 heavy (non-hydrogen) atoms. The second kappa shape index (κ2) is 8.10. The van der Waals surface area contributed by atoms with Crippen molar-refractivity contribution < 1.29 is 13.2 Å². The number of nitrogens with one attached hydrogen (secondary N) is 1. The zero-order valence-corrected chi connectivity index (χ0v) is 12.1. The van der Waals surface area contributed by atoms with Crippen molar-refractivity contribution >= 4 is 0 Å². The summed E-state index contributed by atoms with van der Waals surface area (Å²) in [4.78, 5) is 1.52. The van der Waals surface area contributed by atoms with Crippen LogP contribution in [0.15, 0.2) is 0 Å². The van der Waals surface area contributed by atoms with Crippen molar-refractivity contribution in [1.82, 2.24) is 10.2 Å². The first-order valence-electron chi connectivity index (χ1n) is 7.42. The smallest absolute Gasteiger partial charge is 0.314 e. The third-order valence-electron chi connectivity index (χ3n) is 3.50. The summed E-state index contributed by atoms with van der Waals surface area (Å²) in [6.07, 6.45) is 2.65. The molecule has 0 atom stereocenters. The van der Waals surface area contributed by atoms with Crippen LogP contribution in [0.3, 0.4) is 0 Å². The molecule has 1 N–H and O–H groups in total. The summed E-state index contributed by atoms with van der Waals surface area (Å²) in [6, 6.07) is 0.710. The van der Waals surface area contributed by atoms with E-state index in [9.17, 15) is 13.2 Å². The Morgan fingerprint density at radius 3 is 2.26 bits per heavy atom. The quantitative estimate of drug-likeness (QED) is 0.615. The van der Waals surface area contributed by atoms with Crippen molar-refractivity contribution in [3.8, 4) is 0 Å². The van der Waals surface area contributed by atoms with Gasteiger partial charge in [-0.15, -0.1) is 0 Å². The van der Waals surface area contributed by atoms with E-state index in [1.807, 2.05) is 13.8 Å². The first kappa shape index (κ1) is 16.8. The summed E-state index contributed by atoms with van der Waals surface area (Å²) in [5, 5.41) is 3.45. The summed E-state index contributed by atoms with van der Waals surface area (Å²) in [5.41, 5.74) is 0. The predicted molar refractivity (Wildman–Crippen MR) is 72.3 cm³/mol. The Labute approximate surface area is 114 Å². The molecule has 0 unspecified atom stereocenters.